The summed E-state index contributed by atoms with van der Waals surface area (Å²) in [5, 5.41) is 10.9. The average Bonchev–Trinajstić information content (AvgIpc) is 2.51. The van der Waals surface area contributed by atoms with Gasteiger partial charge in [-0.3, -0.25) is 0 Å². The van der Waals surface area contributed by atoms with Crippen molar-refractivity contribution in [3.05, 3.63) is 58.7 Å². The molecule has 0 bridgehead atoms. The molecule has 162 valence electrons. The molecule has 0 radical (unpaired) electrons. The topological polar surface area (TPSA) is 55.5 Å². The molecule has 3 N–H and O–H groups in total. The smallest absolute Gasteiger partial charge is 0.507 e. The Hall–Kier alpha value is -1.92. The molecule has 0 heterocycles. The Balaban J connectivity index is 0.00000420. The van der Waals surface area contributed by atoms with Crippen LogP contribution in [0.2, 0.25) is 0 Å². The number of ether oxygens (including phenoxy) is 1. The van der Waals surface area contributed by atoms with Crippen LogP contribution in [0.4, 0.5) is 13.2 Å². The van der Waals surface area contributed by atoms with E-state index in [1.807, 2.05) is 32.9 Å². The van der Waals surface area contributed by atoms with Crippen molar-refractivity contribution in [2.45, 2.75) is 64.8 Å². The lowest BCUT2D eigenvalue weighted by Crippen LogP contribution is -2.20. The number of aromatic hydroxyl groups is 1. The van der Waals surface area contributed by atoms with Gasteiger partial charge in [-0.2, -0.15) is 0 Å². The molecule has 0 unspecified atom stereocenters. The summed E-state index contributed by atoms with van der Waals surface area (Å²) in [6.07, 6.45) is -4.75. The number of hydrogen-bond donors (Lipinski definition) is 2. The van der Waals surface area contributed by atoms with Gasteiger partial charge in [0.2, 0.25) is 0 Å². The van der Waals surface area contributed by atoms with Crippen molar-refractivity contribution in [2.75, 3.05) is 0 Å². The van der Waals surface area contributed by atoms with Crippen LogP contribution in [0.15, 0.2) is 36.4 Å². The van der Waals surface area contributed by atoms with E-state index in [0.717, 1.165) is 11.1 Å². The number of alkyl halides is 3. The third kappa shape index (κ3) is 6.28. The molecule has 0 spiro atoms. The summed E-state index contributed by atoms with van der Waals surface area (Å²) in [6, 6.07) is 8.57. The van der Waals surface area contributed by atoms with Gasteiger partial charge in [0.1, 0.15) is 11.5 Å². The van der Waals surface area contributed by atoms with Crippen LogP contribution in [0.3, 0.4) is 0 Å². The van der Waals surface area contributed by atoms with Gasteiger partial charge in [-0.15, -0.1) is 25.6 Å². The van der Waals surface area contributed by atoms with Crippen LogP contribution >= 0.6 is 12.4 Å². The van der Waals surface area contributed by atoms with Crippen LogP contribution in [0.25, 0.3) is 0 Å². The molecule has 0 amide bonds. The molecule has 1 atom stereocenters. The van der Waals surface area contributed by atoms with Crippen molar-refractivity contribution in [3.8, 4) is 11.5 Å². The maximum absolute atomic E-state index is 12.4. The lowest BCUT2D eigenvalue weighted by atomic mass is 9.77. The van der Waals surface area contributed by atoms with Crippen molar-refractivity contribution in [2.24, 2.45) is 5.73 Å². The number of nitrogens with two attached hydrogens (primary N) is 1. The highest BCUT2D eigenvalue weighted by atomic mass is 35.5. The monoisotopic (exact) mass is 431 g/mol. The highest BCUT2D eigenvalue weighted by Gasteiger charge is 2.31. The van der Waals surface area contributed by atoms with E-state index in [2.05, 4.69) is 25.5 Å². The molecule has 2 aromatic rings. The average molecular weight is 432 g/mol. The van der Waals surface area contributed by atoms with E-state index in [-0.39, 0.29) is 34.7 Å². The molecule has 0 saturated carbocycles. The molecule has 2 aromatic carbocycles. The van der Waals surface area contributed by atoms with Crippen molar-refractivity contribution in [1.29, 1.82) is 0 Å². The molecule has 0 aliphatic rings. The molecule has 0 saturated heterocycles. The maximum atomic E-state index is 12.4. The largest absolute Gasteiger partial charge is 0.573 e. The number of halogens is 4. The minimum absolute atomic E-state index is 0. The van der Waals surface area contributed by atoms with E-state index in [9.17, 15) is 18.3 Å². The molecule has 29 heavy (non-hydrogen) atoms. The van der Waals surface area contributed by atoms with E-state index >= 15 is 0 Å². The number of hydrogen-bond acceptors (Lipinski definition) is 3. The van der Waals surface area contributed by atoms with Gasteiger partial charge in [-0.05, 0) is 45.7 Å². The van der Waals surface area contributed by atoms with Crippen LogP contribution in [-0.4, -0.2) is 11.5 Å². The highest BCUT2D eigenvalue weighted by Crippen LogP contribution is 2.41. The lowest BCUT2D eigenvalue weighted by molar-refractivity contribution is -0.274. The Morgan fingerprint density at radius 3 is 1.83 bits per heavy atom. The summed E-state index contributed by atoms with van der Waals surface area (Å²) in [5.41, 5.74) is 8.86. The first-order valence-corrected chi connectivity index (χ1v) is 9.09. The van der Waals surface area contributed by atoms with Crippen molar-refractivity contribution in [1.82, 2.24) is 0 Å². The van der Waals surface area contributed by atoms with Gasteiger partial charge in [0.25, 0.3) is 0 Å². The zero-order valence-electron chi connectivity index (χ0n) is 17.5. The predicted molar refractivity (Wildman–Crippen MR) is 112 cm³/mol. The van der Waals surface area contributed by atoms with Crippen molar-refractivity contribution >= 4 is 12.4 Å². The van der Waals surface area contributed by atoms with Gasteiger partial charge in [0, 0.05) is 5.56 Å². The van der Waals surface area contributed by atoms with E-state index < -0.39 is 12.4 Å². The maximum Gasteiger partial charge on any atom is 0.573 e. The summed E-state index contributed by atoms with van der Waals surface area (Å²) in [7, 11) is 0. The Bertz CT molecular complexity index is 835. The fraction of sp³-hybridized carbons (Fsp3) is 0.455. The SMILES string of the molecule is CC(C)(C)c1cc([C@@H](N)c2ccc(OC(F)(F)F)cc2)c(O)c(C(C)(C)C)c1.Cl. The Morgan fingerprint density at radius 1 is 0.897 bits per heavy atom. The van der Waals surface area contributed by atoms with Crippen molar-refractivity contribution in [3.63, 3.8) is 0 Å². The quantitative estimate of drug-likeness (QED) is 0.594. The normalized spacial score (nSPS) is 13.6. The second-order valence-electron chi connectivity index (χ2n) is 9.06. The van der Waals surface area contributed by atoms with Crippen LogP contribution in [-0.2, 0) is 10.8 Å². The summed E-state index contributed by atoms with van der Waals surface area (Å²) in [4.78, 5) is 0. The number of phenols is 1. The zero-order chi connectivity index (χ0) is 21.5. The second kappa shape index (κ2) is 8.44. The summed E-state index contributed by atoms with van der Waals surface area (Å²) < 4.78 is 41.0. The number of phenolic OH excluding ortho intramolecular Hbond substituents is 1. The summed E-state index contributed by atoms with van der Waals surface area (Å²) in [5.74, 6) is -0.199. The molecule has 0 aliphatic heterocycles. The van der Waals surface area contributed by atoms with Gasteiger partial charge < -0.3 is 15.6 Å². The molecule has 0 aromatic heterocycles. The van der Waals surface area contributed by atoms with Crippen molar-refractivity contribution < 1.29 is 23.0 Å². The molecule has 0 aliphatic carbocycles. The van der Waals surface area contributed by atoms with Gasteiger partial charge in [-0.1, -0.05) is 59.7 Å². The van der Waals surface area contributed by atoms with Gasteiger partial charge in [-0.25, -0.2) is 0 Å². The Morgan fingerprint density at radius 2 is 1.41 bits per heavy atom. The fourth-order valence-electron chi connectivity index (χ4n) is 2.96. The summed E-state index contributed by atoms with van der Waals surface area (Å²) >= 11 is 0. The van der Waals surface area contributed by atoms with E-state index in [0.29, 0.717) is 11.1 Å². The number of rotatable bonds is 3. The third-order valence-corrected chi connectivity index (χ3v) is 4.62. The molecular weight excluding hydrogens is 403 g/mol. The van der Waals surface area contributed by atoms with E-state index in [4.69, 9.17) is 5.73 Å². The van der Waals surface area contributed by atoms with E-state index in [1.165, 1.54) is 24.3 Å². The van der Waals surface area contributed by atoms with Crippen LogP contribution < -0.4 is 10.5 Å². The van der Waals surface area contributed by atoms with Gasteiger partial charge >= 0.3 is 6.36 Å². The van der Waals surface area contributed by atoms with Gasteiger partial charge in [0.15, 0.2) is 0 Å². The van der Waals surface area contributed by atoms with Crippen LogP contribution in [0.1, 0.15) is 69.8 Å². The lowest BCUT2D eigenvalue weighted by Gasteiger charge is -2.29. The van der Waals surface area contributed by atoms with Crippen LogP contribution in [0, 0.1) is 0 Å². The zero-order valence-corrected chi connectivity index (χ0v) is 18.3. The van der Waals surface area contributed by atoms with E-state index in [1.54, 1.807) is 0 Å². The minimum Gasteiger partial charge on any atom is -0.507 e. The molecule has 0 fully saturated rings. The van der Waals surface area contributed by atoms with Crippen LogP contribution in [0.5, 0.6) is 11.5 Å². The highest BCUT2D eigenvalue weighted by molar-refractivity contribution is 5.85. The third-order valence-electron chi connectivity index (χ3n) is 4.62. The standard InChI is InChI=1S/C22H28F3NO2.ClH/c1-20(2,3)14-11-16(19(27)17(12-14)21(4,5)6)18(26)13-7-9-15(10-8-13)28-22(23,24)25;/h7-12,18,27H,26H2,1-6H3;1H/t18-;/m0./s1. The predicted octanol–water partition coefficient (Wildman–Crippen LogP) is 6.36. The number of benzene rings is 2. The Kier molecular flexibility index (Phi) is 7.31. The summed E-state index contributed by atoms with van der Waals surface area (Å²) in [6.45, 7) is 12.2. The molecular formula is C22H29ClF3NO2. The molecule has 2 rings (SSSR count). The molecule has 7 heteroatoms. The first-order chi connectivity index (χ1) is 12.6. The second-order valence-corrected chi connectivity index (χ2v) is 9.06. The Labute approximate surface area is 176 Å². The first kappa shape index (κ1) is 25.1. The first-order valence-electron chi connectivity index (χ1n) is 9.09. The minimum atomic E-state index is -4.75. The fourth-order valence-corrected chi connectivity index (χ4v) is 2.96. The van der Waals surface area contributed by atoms with Gasteiger partial charge in [0.05, 0.1) is 6.04 Å². The molecule has 3 nitrogen and oxygen atoms in total.